The zero-order valence-corrected chi connectivity index (χ0v) is 15.8. The van der Waals surface area contributed by atoms with Gasteiger partial charge in [0.25, 0.3) is 5.91 Å². The van der Waals surface area contributed by atoms with Gasteiger partial charge in [0.1, 0.15) is 12.1 Å². The molecule has 0 unspecified atom stereocenters. The molecule has 2 fully saturated rings. The third kappa shape index (κ3) is 3.80. The quantitative estimate of drug-likeness (QED) is 0.801. The van der Waals surface area contributed by atoms with Gasteiger partial charge in [0.2, 0.25) is 5.91 Å². The van der Waals surface area contributed by atoms with Crippen LogP contribution in [0.5, 0.6) is 0 Å². The molecule has 3 rings (SSSR count). The first-order valence-corrected chi connectivity index (χ1v) is 9.08. The molecule has 1 aliphatic heterocycles. The molecule has 1 aliphatic carbocycles. The number of nitriles is 1. The maximum Gasteiger partial charge on any atom is 0.325 e. The lowest BCUT2D eigenvalue weighted by Crippen LogP contribution is -2.54. The number of hydrogen-bond donors (Lipinski definition) is 2. The Hall–Kier alpha value is -2.88. The summed E-state index contributed by atoms with van der Waals surface area (Å²) in [5.41, 5.74) is 0.0280. The molecule has 1 spiro atoms. The van der Waals surface area contributed by atoms with Gasteiger partial charge in [-0.3, -0.25) is 14.5 Å². The Morgan fingerprint density at radius 2 is 1.96 bits per heavy atom. The average Bonchev–Trinajstić information content (AvgIpc) is 2.77. The predicted molar refractivity (Wildman–Crippen MR) is 99.6 cm³/mol. The molecule has 1 aromatic carbocycles. The van der Waals surface area contributed by atoms with E-state index in [4.69, 9.17) is 5.26 Å². The van der Waals surface area contributed by atoms with Crippen molar-refractivity contribution < 1.29 is 14.4 Å². The third-order valence-electron chi connectivity index (χ3n) is 5.22. The van der Waals surface area contributed by atoms with Crippen molar-refractivity contribution in [2.75, 3.05) is 11.9 Å². The van der Waals surface area contributed by atoms with Crippen LogP contribution in [0.15, 0.2) is 24.3 Å². The van der Waals surface area contributed by atoms with Gasteiger partial charge in [-0.05, 0) is 54.9 Å². The highest BCUT2D eigenvalue weighted by molar-refractivity contribution is 6.10. The summed E-state index contributed by atoms with van der Waals surface area (Å²) < 4.78 is 0. The van der Waals surface area contributed by atoms with Crippen LogP contribution in [0.4, 0.5) is 10.5 Å². The summed E-state index contributed by atoms with van der Waals surface area (Å²) >= 11 is 0. The summed E-state index contributed by atoms with van der Waals surface area (Å²) in [5.74, 6) is -0.462. The monoisotopic (exact) mass is 368 g/mol. The second kappa shape index (κ2) is 6.69. The van der Waals surface area contributed by atoms with Gasteiger partial charge in [-0.2, -0.15) is 5.26 Å². The molecule has 1 saturated heterocycles. The summed E-state index contributed by atoms with van der Waals surface area (Å²) in [6.45, 7) is 5.96. The highest BCUT2D eigenvalue weighted by Crippen LogP contribution is 2.46. The number of carbonyl (C=O) groups excluding carboxylic acids is 3. The minimum atomic E-state index is -0.910. The fourth-order valence-corrected chi connectivity index (χ4v) is 4.62. The van der Waals surface area contributed by atoms with E-state index in [1.165, 1.54) is 0 Å². The van der Waals surface area contributed by atoms with Crippen molar-refractivity contribution in [2.45, 2.75) is 45.6 Å². The van der Waals surface area contributed by atoms with Gasteiger partial charge in [0.05, 0.1) is 11.6 Å². The number of hydrogen-bond acceptors (Lipinski definition) is 4. The lowest BCUT2D eigenvalue weighted by Gasteiger charge is -2.43. The Labute approximate surface area is 158 Å². The van der Waals surface area contributed by atoms with Crippen LogP contribution in [0.25, 0.3) is 0 Å². The number of imide groups is 1. The van der Waals surface area contributed by atoms with Crippen molar-refractivity contribution in [3.05, 3.63) is 29.8 Å². The minimum Gasteiger partial charge on any atom is -0.325 e. The highest BCUT2D eigenvalue weighted by atomic mass is 16.2. The highest BCUT2D eigenvalue weighted by Gasteiger charge is 2.56. The largest absolute Gasteiger partial charge is 0.325 e. The number of nitrogens with one attached hydrogen (secondary N) is 2. The molecule has 4 amide bonds. The predicted octanol–water partition coefficient (Wildman–Crippen LogP) is 2.63. The van der Waals surface area contributed by atoms with E-state index in [-0.39, 0.29) is 17.9 Å². The van der Waals surface area contributed by atoms with Crippen molar-refractivity contribution in [1.82, 2.24) is 10.2 Å². The number of rotatable bonds is 3. The van der Waals surface area contributed by atoms with Gasteiger partial charge in [0.15, 0.2) is 0 Å². The fraction of sp³-hybridized carbons (Fsp3) is 0.500. The van der Waals surface area contributed by atoms with E-state index in [9.17, 15) is 14.4 Å². The second-order valence-corrected chi connectivity index (χ2v) is 8.50. The van der Waals surface area contributed by atoms with Crippen molar-refractivity contribution in [3.8, 4) is 6.07 Å². The van der Waals surface area contributed by atoms with E-state index in [0.29, 0.717) is 30.0 Å². The minimum absolute atomic E-state index is 0.0542. The summed E-state index contributed by atoms with van der Waals surface area (Å²) in [6.07, 6.45) is 2.16. The number of urea groups is 1. The molecule has 2 aliphatic rings. The van der Waals surface area contributed by atoms with Crippen LogP contribution in [-0.4, -0.2) is 34.8 Å². The van der Waals surface area contributed by atoms with E-state index in [1.54, 1.807) is 24.3 Å². The van der Waals surface area contributed by atoms with Crippen molar-refractivity contribution in [3.63, 3.8) is 0 Å². The van der Waals surface area contributed by atoms with Gasteiger partial charge in [-0.1, -0.05) is 20.8 Å². The third-order valence-corrected chi connectivity index (χ3v) is 5.22. The SMILES string of the molecule is C[C@@H]1CC(C)(C)C[C@]2(C1)NC(=O)N(CC(=O)Nc1ccc(C#N)cc1)C2=O. The number of anilines is 1. The van der Waals surface area contributed by atoms with E-state index < -0.39 is 17.5 Å². The van der Waals surface area contributed by atoms with Gasteiger partial charge in [-0.15, -0.1) is 0 Å². The molecule has 27 heavy (non-hydrogen) atoms. The van der Waals surface area contributed by atoms with Crippen molar-refractivity contribution in [1.29, 1.82) is 5.26 Å². The Bertz CT molecular complexity index is 825. The topological polar surface area (TPSA) is 102 Å². The summed E-state index contributed by atoms with van der Waals surface area (Å²) in [4.78, 5) is 38.8. The second-order valence-electron chi connectivity index (χ2n) is 8.50. The molecule has 2 N–H and O–H groups in total. The standard InChI is InChI=1S/C20H24N4O3/c1-13-8-19(2,3)12-20(9-13)17(26)24(18(27)23-20)11-16(25)22-15-6-4-14(10-21)5-7-15/h4-7,13H,8-9,11-12H2,1-3H3,(H,22,25)(H,23,27)/t13-,20+/m1/s1. The average molecular weight is 368 g/mol. The maximum atomic E-state index is 13.0. The first-order chi connectivity index (χ1) is 12.6. The molecule has 0 radical (unpaired) electrons. The Kier molecular flexibility index (Phi) is 4.68. The van der Waals surface area contributed by atoms with Crippen molar-refractivity contribution >= 4 is 23.5 Å². The van der Waals surface area contributed by atoms with Gasteiger partial charge in [0, 0.05) is 5.69 Å². The van der Waals surface area contributed by atoms with Crippen molar-refractivity contribution in [2.24, 2.45) is 11.3 Å². The van der Waals surface area contributed by atoms with Crippen LogP contribution in [0, 0.1) is 22.7 Å². The van der Waals surface area contributed by atoms with Crippen LogP contribution in [0.1, 0.15) is 45.6 Å². The van der Waals surface area contributed by atoms with Gasteiger partial charge < -0.3 is 10.6 Å². The Balaban J connectivity index is 1.70. The molecule has 1 saturated carbocycles. The molecule has 1 aromatic rings. The van der Waals surface area contributed by atoms with E-state index in [2.05, 4.69) is 31.4 Å². The van der Waals surface area contributed by atoms with Gasteiger partial charge in [-0.25, -0.2) is 4.79 Å². The van der Waals surface area contributed by atoms with Gasteiger partial charge >= 0.3 is 6.03 Å². The summed E-state index contributed by atoms with van der Waals surface area (Å²) in [5, 5.41) is 14.3. The molecular weight excluding hydrogens is 344 g/mol. The van der Waals surface area contributed by atoms with Crippen LogP contribution < -0.4 is 10.6 Å². The zero-order valence-electron chi connectivity index (χ0n) is 15.8. The molecule has 0 bridgehead atoms. The van der Waals surface area contributed by atoms with Crippen LogP contribution in [0.3, 0.4) is 0 Å². The van der Waals surface area contributed by atoms with Crippen LogP contribution >= 0.6 is 0 Å². The molecule has 0 aromatic heterocycles. The number of amides is 4. The number of carbonyl (C=O) groups is 3. The summed E-state index contributed by atoms with van der Waals surface area (Å²) in [7, 11) is 0. The molecule has 7 nitrogen and oxygen atoms in total. The van der Waals surface area contributed by atoms with E-state index >= 15 is 0 Å². The van der Waals surface area contributed by atoms with Crippen LogP contribution in [-0.2, 0) is 9.59 Å². The molecule has 142 valence electrons. The smallest absolute Gasteiger partial charge is 0.325 e. The first kappa shape index (κ1) is 18.9. The lowest BCUT2D eigenvalue weighted by molar-refractivity contribution is -0.136. The Morgan fingerprint density at radius 3 is 2.56 bits per heavy atom. The molecule has 1 heterocycles. The first-order valence-electron chi connectivity index (χ1n) is 9.08. The molecule has 7 heteroatoms. The number of nitrogens with zero attached hydrogens (tertiary/aromatic N) is 2. The van der Waals surface area contributed by atoms with Crippen LogP contribution in [0.2, 0.25) is 0 Å². The maximum absolute atomic E-state index is 13.0. The Morgan fingerprint density at radius 1 is 1.30 bits per heavy atom. The zero-order chi connectivity index (χ0) is 19.8. The van der Waals surface area contributed by atoms with E-state index in [0.717, 1.165) is 11.3 Å². The lowest BCUT2D eigenvalue weighted by atomic mass is 9.64. The summed E-state index contributed by atoms with van der Waals surface area (Å²) in [6, 6.07) is 7.88. The molecular formula is C20H24N4O3. The van der Waals surface area contributed by atoms with E-state index in [1.807, 2.05) is 6.07 Å². The normalized spacial score (nSPS) is 26.6. The fourth-order valence-electron chi connectivity index (χ4n) is 4.62. The molecule has 2 atom stereocenters. The number of benzene rings is 1.